The van der Waals surface area contributed by atoms with Crippen molar-refractivity contribution in [2.45, 2.75) is 45.8 Å². The van der Waals surface area contributed by atoms with Crippen LogP contribution in [0, 0.1) is 6.92 Å². The maximum atomic E-state index is 9.95. The standard InChI is InChI=1S/C13H21BO2/c1-10-7-6-8-11(9-10)14-16-13(4,5)12(2,3)15/h6-9,14-15H,1-5H3. The van der Waals surface area contributed by atoms with Crippen molar-refractivity contribution in [3.63, 3.8) is 0 Å². The summed E-state index contributed by atoms with van der Waals surface area (Å²) in [5, 5.41) is 9.95. The molecule has 0 aromatic heterocycles. The zero-order chi connectivity index (χ0) is 12.4. The van der Waals surface area contributed by atoms with Crippen molar-refractivity contribution in [1.29, 1.82) is 0 Å². The van der Waals surface area contributed by atoms with Gasteiger partial charge in [-0.15, -0.1) is 0 Å². The van der Waals surface area contributed by atoms with Crippen LogP contribution < -0.4 is 5.46 Å². The zero-order valence-electron chi connectivity index (χ0n) is 10.9. The first-order valence-electron chi connectivity index (χ1n) is 5.64. The third-order valence-corrected chi connectivity index (χ3v) is 3.16. The largest absolute Gasteiger partial charge is 0.427 e. The molecule has 0 aliphatic rings. The van der Waals surface area contributed by atoms with Crippen LogP contribution in [0.15, 0.2) is 24.3 Å². The highest BCUT2D eigenvalue weighted by Crippen LogP contribution is 2.24. The molecule has 2 nitrogen and oxygen atoms in total. The van der Waals surface area contributed by atoms with Gasteiger partial charge in [-0.25, -0.2) is 0 Å². The van der Waals surface area contributed by atoms with E-state index in [0.717, 1.165) is 5.46 Å². The first kappa shape index (κ1) is 13.3. The summed E-state index contributed by atoms with van der Waals surface area (Å²) < 4.78 is 5.78. The summed E-state index contributed by atoms with van der Waals surface area (Å²) in [5.41, 5.74) is 0.951. The molecule has 1 aromatic rings. The van der Waals surface area contributed by atoms with Crippen LogP contribution in [0.25, 0.3) is 0 Å². The molecule has 0 radical (unpaired) electrons. The molecule has 0 saturated carbocycles. The Balaban J connectivity index is 2.65. The van der Waals surface area contributed by atoms with E-state index in [1.807, 2.05) is 26.0 Å². The first-order chi connectivity index (χ1) is 7.22. The van der Waals surface area contributed by atoms with Crippen LogP contribution in [-0.2, 0) is 4.65 Å². The van der Waals surface area contributed by atoms with Crippen molar-refractivity contribution in [2.24, 2.45) is 0 Å². The summed E-state index contributed by atoms with van der Waals surface area (Å²) in [5.74, 6) is 0. The summed E-state index contributed by atoms with van der Waals surface area (Å²) in [6.45, 7) is 9.41. The maximum Gasteiger partial charge on any atom is 0.309 e. The Bertz CT molecular complexity index is 353. The monoisotopic (exact) mass is 220 g/mol. The van der Waals surface area contributed by atoms with E-state index in [1.165, 1.54) is 5.56 Å². The predicted molar refractivity (Wildman–Crippen MR) is 69.4 cm³/mol. The number of benzene rings is 1. The summed E-state index contributed by atoms with van der Waals surface area (Å²) in [6.07, 6.45) is 0. The molecule has 0 saturated heterocycles. The van der Waals surface area contributed by atoms with Crippen molar-refractivity contribution >= 4 is 12.9 Å². The highest BCUT2D eigenvalue weighted by atomic mass is 16.5. The lowest BCUT2D eigenvalue weighted by Crippen LogP contribution is -2.49. The predicted octanol–water partition coefficient (Wildman–Crippen LogP) is 1.54. The Morgan fingerprint density at radius 1 is 1.19 bits per heavy atom. The Labute approximate surface area is 98.9 Å². The minimum atomic E-state index is -0.850. The van der Waals surface area contributed by atoms with Crippen LogP contribution in [-0.4, -0.2) is 23.8 Å². The summed E-state index contributed by atoms with van der Waals surface area (Å²) in [4.78, 5) is 0. The van der Waals surface area contributed by atoms with Crippen LogP contribution in [0.3, 0.4) is 0 Å². The minimum absolute atomic E-state index is 0.526. The van der Waals surface area contributed by atoms with Crippen LogP contribution in [0.2, 0.25) is 0 Å². The number of hydrogen-bond acceptors (Lipinski definition) is 2. The van der Waals surface area contributed by atoms with Gasteiger partial charge in [0.2, 0.25) is 0 Å². The first-order valence-corrected chi connectivity index (χ1v) is 5.64. The van der Waals surface area contributed by atoms with Gasteiger partial charge in [0.05, 0.1) is 11.2 Å². The summed E-state index contributed by atoms with van der Waals surface area (Å²) in [6, 6.07) is 8.21. The van der Waals surface area contributed by atoms with Gasteiger partial charge in [-0.1, -0.05) is 35.3 Å². The molecule has 0 bridgehead atoms. The summed E-state index contributed by atoms with van der Waals surface area (Å²) >= 11 is 0. The molecule has 0 fully saturated rings. The molecule has 1 aromatic carbocycles. The fourth-order valence-electron chi connectivity index (χ4n) is 1.24. The van der Waals surface area contributed by atoms with Crippen molar-refractivity contribution in [2.75, 3.05) is 0 Å². The Hall–Kier alpha value is -0.795. The van der Waals surface area contributed by atoms with Crippen molar-refractivity contribution in [1.82, 2.24) is 0 Å². The normalized spacial score (nSPS) is 12.6. The molecule has 88 valence electrons. The molecule has 0 atom stereocenters. The summed E-state index contributed by atoms with van der Waals surface area (Å²) in [7, 11) is 0.526. The molecule has 0 aliphatic carbocycles. The molecule has 0 unspecified atom stereocenters. The van der Waals surface area contributed by atoms with Gasteiger partial charge < -0.3 is 9.76 Å². The van der Waals surface area contributed by atoms with Crippen LogP contribution in [0.5, 0.6) is 0 Å². The van der Waals surface area contributed by atoms with Crippen molar-refractivity contribution < 1.29 is 9.76 Å². The van der Waals surface area contributed by atoms with E-state index in [0.29, 0.717) is 7.48 Å². The van der Waals surface area contributed by atoms with E-state index in [2.05, 4.69) is 19.1 Å². The SMILES string of the molecule is Cc1cccc(BOC(C)(C)C(C)(C)O)c1. The molecule has 1 N–H and O–H groups in total. The zero-order valence-corrected chi connectivity index (χ0v) is 10.9. The molecule has 0 spiro atoms. The molecule has 0 aliphatic heterocycles. The fourth-order valence-corrected chi connectivity index (χ4v) is 1.24. The second kappa shape index (κ2) is 4.60. The van der Waals surface area contributed by atoms with Gasteiger partial charge in [-0.3, -0.25) is 0 Å². The highest BCUT2D eigenvalue weighted by Gasteiger charge is 2.35. The quantitative estimate of drug-likeness (QED) is 0.780. The topological polar surface area (TPSA) is 29.5 Å². The lowest BCUT2D eigenvalue weighted by atomic mass is 9.82. The third kappa shape index (κ3) is 3.36. The molecule has 16 heavy (non-hydrogen) atoms. The molecular weight excluding hydrogens is 199 g/mol. The maximum absolute atomic E-state index is 9.95. The highest BCUT2D eigenvalue weighted by molar-refractivity contribution is 6.47. The lowest BCUT2D eigenvalue weighted by molar-refractivity contribution is -0.0893. The van der Waals surface area contributed by atoms with Gasteiger partial charge in [-0.2, -0.15) is 0 Å². The van der Waals surface area contributed by atoms with E-state index in [-0.39, 0.29) is 0 Å². The van der Waals surface area contributed by atoms with Crippen LogP contribution in [0.1, 0.15) is 33.3 Å². The number of rotatable bonds is 4. The van der Waals surface area contributed by atoms with Gasteiger partial charge in [0.15, 0.2) is 0 Å². The van der Waals surface area contributed by atoms with E-state index >= 15 is 0 Å². The molecule has 3 heteroatoms. The Kier molecular flexibility index (Phi) is 3.82. The number of aryl methyl sites for hydroxylation is 1. The minimum Gasteiger partial charge on any atom is -0.427 e. The molecule has 0 heterocycles. The van der Waals surface area contributed by atoms with E-state index < -0.39 is 11.2 Å². The molecule has 1 rings (SSSR count). The second-order valence-corrected chi connectivity index (χ2v) is 5.35. The van der Waals surface area contributed by atoms with Gasteiger partial charge in [0, 0.05) is 0 Å². The Morgan fingerprint density at radius 3 is 2.31 bits per heavy atom. The van der Waals surface area contributed by atoms with Crippen molar-refractivity contribution in [3.8, 4) is 0 Å². The smallest absolute Gasteiger partial charge is 0.309 e. The average molecular weight is 220 g/mol. The number of aliphatic hydroxyl groups is 1. The van der Waals surface area contributed by atoms with Gasteiger partial charge in [0.25, 0.3) is 0 Å². The third-order valence-electron chi connectivity index (χ3n) is 3.16. The van der Waals surface area contributed by atoms with Gasteiger partial charge in [-0.05, 0) is 34.6 Å². The van der Waals surface area contributed by atoms with Crippen LogP contribution >= 0.6 is 0 Å². The van der Waals surface area contributed by atoms with E-state index in [9.17, 15) is 5.11 Å². The Morgan fingerprint density at radius 2 is 1.81 bits per heavy atom. The van der Waals surface area contributed by atoms with Gasteiger partial charge >= 0.3 is 7.48 Å². The van der Waals surface area contributed by atoms with E-state index in [1.54, 1.807) is 13.8 Å². The van der Waals surface area contributed by atoms with Crippen molar-refractivity contribution in [3.05, 3.63) is 29.8 Å². The molecular formula is C13H21BO2. The van der Waals surface area contributed by atoms with Crippen LogP contribution in [0.4, 0.5) is 0 Å². The lowest BCUT2D eigenvalue weighted by Gasteiger charge is -2.37. The van der Waals surface area contributed by atoms with Gasteiger partial charge in [0.1, 0.15) is 0 Å². The average Bonchev–Trinajstić information content (AvgIpc) is 2.13. The fraction of sp³-hybridized carbons (Fsp3) is 0.538. The number of hydrogen-bond donors (Lipinski definition) is 1. The second-order valence-electron chi connectivity index (χ2n) is 5.35. The van der Waals surface area contributed by atoms with E-state index in [4.69, 9.17) is 4.65 Å². The molecule has 0 amide bonds.